The lowest BCUT2D eigenvalue weighted by atomic mass is 9.83. The monoisotopic (exact) mass is 338 g/mol. The third-order valence-corrected chi connectivity index (χ3v) is 4.05. The summed E-state index contributed by atoms with van der Waals surface area (Å²) in [5.41, 5.74) is 0.357. The molecule has 2 aromatic carbocycles. The van der Waals surface area contributed by atoms with Gasteiger partial charge in [-0.2, -0.15) is 0 Å². The second-order valence-corrected chi connectivity index (χ2v) is 6.16. The van der Waals surface area contributed by atoms with Crippen LogP contribution in [0.4, 0.5) is 0 Å². The van der Waals surface area contributed by atoms with Gasteiger partial charge in [0, 0.05) is 17.7 Å². The number of carbonyl (C=O) groups excluding carboxylic acids is 1. The molecule has 5 nitrogen and oxygen atoms in total. The number of allylic oxidation sites excluding steroid dienone is 2. The van der Waals surface area contributed by atoms with Gasteiger partial charge in [-0.15, -0.1) is 0 Å². The number of Topliss-reactive ketones (excluding diaryl/α,β-unsaturated/α-hetero) is 1. The molecule has 5 heteroatoms. The molecule has 0 radical (unpaired) electrons. The van der Waals surface area contributed by atoms with Gasteiger partial charge in [0.1, 0.15) is 28.6 Å². The Kier molecular flexibility index (Phi) is 4.00. The predicted octanol–water partition coefficient (Wildman–Crippen LogP) is 3.80. The summed E-state index contributed by atoms with van der Waals surface area (Å²) in [6.45, 7) is 5.64. The average molecular weight is 338 g/mol. The first kappa shape index (κ1) is 16.6. The van der Waals surface area contributed by atoms with Gasteiger partial charge < -0.3 is 20.1 Å². The number of carbonyl (C=O) groups is 1. The number of rotatable bonds is 3. The molecule has 0 saturated heterocycles. The molecule has 1 aliphatic heterocycles. The number of phenols is 3. The highest BCUT2D eigenvalue weighted by atomic mass is 16.5. The van der Waals surface area contributed by atoms with Crippen molar-refractivity contribution in [1.29, 1.82) is 0 Å². The van der Waals surface area contributed by atoms with Crippen molar-refractivity contribution in [3.05, 3.63) is 71.8 Å². The predicted molar refractivity (Wildman–Crippen MR) is 93.1 cm³/mol. The maximum absolute atomic E-state index is 12.7. The van der Waals surface area contributed by atoms with Crippen molar-refractivity contribution in [3.8, 4) is 23.0 Å². The van der Waals surface area contributed by atoms with Crippen LogP contribution < -0.4 is 4.74 Å². The Labute approximate surface area is 145 Å². The molecule has 128 valence electrons. The van der Waals surface area contributed by atoms with Gasteiger partial charge >= 0.3 is 0 Å². The van der Waals surface area contributed by atoms with E-state index in [4.69, 9.17) is 4.74 Å². The minimum Gasteiger partial charge on any atom is -0.508 e. The van der Waals surface area contributed by atoms with Crippen LogP contribution in [0.1, 0.15) is 29.3 Å². The average Bonchev–Trinajstić information content (AvgIpc) is 2.52. The van der Waals surface area contributed by atoms with E-state index < -0.39 is 5.60 Å². The summed E-state index contributed by atoms with van der Waals surface area (Å²) in [4.78, 5) is 12.7. The fraction of sp³-hybridized carbons (Fsp3) is 0.150. The number of phenolic OH excluding ortho intramolecular Hbond substituents is 3. The first-order valence-corrected chi connectivity index (χ1v) is 7.73. The van der Waals surface area contributed by atoms with E-state index in [2.05, 4.69) is 6.58 Å². The Morgan fingerprint density at radius 3 is 2.48 bits per heavy atom. The number of benzene rings is 2. The van der Waals surface area contributed by atoms with E-state index >= 15 is 0 Å². The smallest absolute Gasteiger partial charge is 0.175 e. The molecule has 0 bridgehead atoms. The van der Waals surface area contributed by atoms with Crippen molar-refractivity contribution in [2.45, 2.75) is 18.9 Å². The number of ether oxygens (including phenoxy) is 1. The molecular weight excluding hydrogens is 320 g/mol. The third kappa shape index (κ3) is 3.08. The van der Waals surface area contributed by atoms with Gasteiger partial charge in [0.2, 0.25) is 0 Å². The molecule has 0 saturated carbocycles. The number of ketones is 1. The highest BCUT2D eigenvalue weighted by Gasteiger charge is 2.41. The molecule has 0 aliphatic carbocycles. The maximum atomic E-state index is 12.7. The van der Waals surface area contributed by atoms with Crippen LogP contribution in [0.2, 0.25) is 0 Å². The van der Waals surface area contributed by atoms with Crippen LogP contribution in [0.15, 0.2) is 60.7 Å². The van der Waals surface area contributed by atoms with E-state index in [1.165, 1.54) is 18.2 Å². The molecule has 1 atom stereocenters. The van der Waals surface area contributed by atoms with Crippen molar-refractivity contribution in [2.24, 2.45) is 0 Å². The first-order valence-electron chi connectivity index (χ1n) is 7.73. The third-order valence-electron chi connectivity index (χ3n) is 4.05. The molecule has 0 aromatic heterocycles. The van der Waals surface area contributed by atoms with Gasteiger partial charge in [-0.1, -0.05) is 30.4 Å². The first-order chi connectivity index (χ1) is 11.8. The molecule has 0 amide bonds. The summed E-state index contributed by atoms with van der Waals surface area (Å²) in [5, 5.41) is 29.2. The molecule has 0 fully saturated rings. The normalized spacial score (nSPS) is 19.5. The zero-order chi connectivity index (χ0) is 18.2. The Balaban J connectivity index is 2.18. The van der Waals surface area contributed by atoms with E-state index in [-0.39, 0.29) is 40.8 Å². The Hall–Kier alpha value is -3.21. The quantitative estimate of drug-likeness (QED) is 0.741. The lowest BCUT2D eigenvalue weighted by molar-refractivity contribution is 0.0644. The van der Waals surface area contributed by atoms with Crippen molar-refractivity contribution < 1.29 is 24.9 Å². The summed E-state index contributed by atoms with van der Waals surface area (Å²) in [5.74, 6) is -0.621. The summed E-state index contributed by atoms with van der Waals surface area (Å²) in [6.07, 6.45) is 3.43. The SMILES string of the molecule is C=C(C)C=CC1(c2ccc(O)cc2)CC(=O)c2c(O)cc(O)cc2O1. The molecule has 25 heavy (non-hydrogen) atoms. The van der Waals surface area contributed by atoms with Gasteiger partial charge in [0.05, 0.1) is 6.42 Å². The number of hydrogen-bond acceptors (Lipinski definition) is 5. The topological polar surface area (TPSA) is 87.0 Å². The number of fused-ring (bicyclic) bond motifs is 1. The van der Waals surface area contributed by atoms with E-state index in [0.29, 0.717) is 5.56 Å². The van der Waals surface area contributed by atoms with Crippen molar-refractivity contribution in [2.75, 3.05) is 0 Å². The fourth-order valence-electron chi connectivity index (χ4n) is 2.88. The fourth-order valence-corrected chi connectivity index (χ4v) is 2.88. The van der Waals surface area contributed by atoms with Gasteiger partial charge in [0.25, 0.3) is 0 Å². The summed E-state index contributed by atoms with van der Waals surface area (Å²) in [6, 6.07) is 8.76. The van der Waals surface area contributed by atoms with Gasteiger partial charge in [-0.05, 0) is 25.1 Å². The van der Waals surface area contributed by atoms with Gasteiger partial charge in [0.15, 0.2) is 11.4 Å². The second kappa shape index (κ2) is 6.02. The number of aromatic hydroxyl groups is 3. The second-order valence-electron chi connectivity index (χ2n) is 6.16. The largest absolute Gasteiger partial charge is 0.508 e. The van der Waals surface area contributed by atoms with Crippen LogP contribution in [0.5, 0.6) is 23.0 Å². The van der Waals surface area contributed by atoms with Crippen molar-refractivity contribution in [3.63, 3.8) is 0 Å². The molecule has 3 N–H and O–H groups in total. The summed E-state index contributed by atoms with van der Waals surface area (Å²) in [7, 11) is 0. The summed E-state index contributed by atoms with van der Waals surface area (Å²) < 4.78 is 6.08. The zero-order valence-electron chi connectivity index (χ0n) is 13.7. The molecule has 1 heterocycles. The zero-order valence-corrected chi connectivity index (χ0v) is 13.7. The highest BCUT2D eigenvalue weighted by molar-refractivity contribution is 6.03. The van der Waals surface area contributed by atoms with Crippen LogP contribution >= 0.6 is 0 Å². The van der Waals surface area contributed by atoms with E-state index in [0.717, 1.165) is 11.6 Å². The highest BCUT2D eigenvalue weighted by Crippen LogP contribution is 2.45. The lowest BCUT2D eigenvalue weighted by Crippen LogP contribution is -2.37. The van der Waals surface area contributed by atoms with Gasteiger partial charge in [-0.25, -0.2) is 0 Å². The molecule has 0 spiro atoms. The molecular formula is C20H18O5. The van der Waals surface area contributed by atoms with Crippen LogP contribution in [-0.2, 0) is 5.60 Å². The Morgan fingerprint density at radius 1 is 1.16 bits per heavy atom. The van der Waals surface area contributed by atoms with Crippen LogP contribution in [0.25, 0.3) is 0 Å². The number of hydrogen-bond donors (Lipinski definition) is 3. The molecule has 2 aromatic rings. The van der Waals surface area contributed by atoms with Gasteiger partial charge in [-0.3, -0.25) is 4.79 Å². The molecule has 1 unspecified atom stereocenters. The van der Waals surface area contributed by atoms with Crippen molar-refractivity contribution in [1.82, 2.24) is 0 Å². The Bertz CT molecular complexity index is 880. The standard InChI is InChI=1S/C20H18O5/c1-12(2)7-8-20(13-3-5-14(21)6-4-13)11-17(24)19-16(23)9-15(22)10-18(19)25-20/h3-10,21-23H,1,11H2,2H3. The van der Waals surface area contributed by atoms with Crippen molar-refractivity contribution >= 4 is 5.78 Å². The van der Waals surface area contributed by atoms with E-state index in [1.54, 1.807) is 24.3 Å². The summed E-state index contributed by atoms with van der Waals surface area (Å²) >= 11 is 0. The Morgan fingerprint density at radius 2 is 1.84 bits per heavy atom. The lowest BCUT2D eigenvalue weighted by Gasteiger charge is -2.36. The van der Waals surface area contributed by atoms with Crippen LogP contribution in [0, 0.1) is 0 Å². The minimum atomic E-state index is -1.13. The maximum Gasteiger partial charge on any atom is 0.175 e. The van der Waals surface area contributed by atoms with Crippen LogP contribution in [0.3, 0.4) is 0 Å². The van der Waals surface area contributed by atoms with E-state index in [9.17, 15) is 20.1 Å². The molecule has 1 aliphatic rings. The minimum absolute atomic E-state index is 0.0348. The van der Waals surface area contributed by atoms with E-state index in [1.807, 2.05) is 6.92 Å². The van der Waals surface area contributed by atoms with Crippen LogP contribution in [-0.4, -0.2) is 21.1 Å². The molecule has 3 rings (SSSR count).